The summed E-state index contributed by atoms with van der Waals surface area (Å²) in [6.45, 7) is 9.57. The minimum absolute atomic E-state index is 0.776. The van der Waals surface area contributed by atoms with Crippen LogP contribution in [-0.4, -0.2) is 35.4 Å². The lowest BCUT2D eigenvalue weighted by atomic mass is 10.3. The van der Waals surface area contributed by atoms with Crippen molar-refractivity contribution in [3.8, 4) is 0 Å². The molecule has 0 aliphatic carbocycles. The molecule has 2 heterocycles. The number of thiophene rings is 1. The van der Waals surface area contributed by atoms with Gasteiger partial charge in [-0.3, -0.25) is 9.67 Å². The molecule has 2 aromatic heterocycles. The topological polar surface area (TPSA) is 54.2 Å². The zero-order valence-electron chi connectivity index (χ0n) is 14.6. The van der Waals surface area contributed by atoms with Crippen molar-refractivity contribution in [1.82, 2.24) is 20.4 Å². The molecule has 2 N–H and O–H groups in total. The molecule has 2 rings (SSSR count). The highest BCUT2D eigenvalue weighted by Crippen LogP contribution is 2.21. The van der Waals surface area contributed by atoms with Crippen LogP contribution >= 0.6 is 22.9 Å². The smallest absolute Gasteiger partial charge is 0.191 e. The average molecular weight is 368 g/mol. The molecule has 2 aromatic rings. The number of nitrogens with one attached hydrogen (secondary N) is 2. The second kappa shape index (κ2) is 9.69. The van der Waals surface area contributed by atoms with Crippen molar-refractivity contribution in [3.05, 3.63) is 38.8 Å². The van der Waals surface area contributed by atoms with E-state index >= 15 is 0 Å². The Morgan fingerprint density at radius 1 is 1.33 bits per heavy atom. The van der Waals surface area contributed by atoms with Gasteiger partial charge >= 0.3 is 0 Å². The zero-order valence-corrected chi connectivity index (χ0v) is 16.2. The lowest BCUT2D eigenvalue weighted by Gasteiger charge is -2.11. The van der Waals surface area contributed by atoms with Gasteiger partial charge in [0.25, 0.3) is 0 Å². The van der Waals surface area contributed by atoms with Gasteiger partial charge in [-0.2, -0.15) is 5.10 Å². The van der Waals surface area contributed by atoms with Crippen LogP contribution < -0.4 is 10.6 Å². The minimum atomic E-state index is 0.776. The van der Waals surface area contributed by atoms with Crippen molar-refractivity contribution >= 4 is 28.9 Å². The summed E-state index contributed by atoms with van der Waals surface area (Å²) in [5, 5.41) is 11.1. The van der Waals surface area contributed by atoms with E-state index in [1.54, 1.807) is 11.3 Å². The van der Waals surface area contributed by atoms with Gasteiger partial charge in [0.2, 0.25) is 0 Å². The van der Waals surface area contributed by atoms with E-state index in [2.05, 4.69) is 46.7 Å². The molecule has 0 atom stereocenters. The summed E-state index contributed by atoms with van der Waals surface area (Å²) in [7, 11) is 0. The van der Waals surface area contributed by atoms with E-state index in [4.69, 9.17) is 11.6 Å². The number of aromatic nitrogens is 2. The van der Waals surface area contributed by atoms with Crippen LogP contribution in [0.3, 0.4) is 0 Å². The molecule has 5 nitrogen and oxygen atoms in total. The maximum absolute atomic E-state index is 5.95. The van der Waals surface area contributed by atoms with E-state index in [9.17, 15) is 0 Å². The summed E-state index contributed by atoms with van der Waals surface area (Å²) >= 11 is 7.58. The summed E-state index contributed by atoms with van der Waals surface area (Å²) in [5.74, 6) is 0.869. The molecule has 0 aliphatic heterocycles. The van der Waals surface area contributed by atoms with Crippen molar-refractivity contribution in [2.45, 2.75) is 40.2 Å². The summed E-state index contributed by atoms with van der Waals surface area (Å²) in [4.78, 5) is 5.92. The first-order valence-corrected chi connectivity index (χ1v) is 9.55. The third-order valence-corrected chi connectivity index (χ3v) is 4.83. The zero-order chi connectivity index (χ0) is 17.4. The van der Waals surface area contributed by atoms with Crippen LogP contribution in [0.15, 0.2) is 23.2 Å². The highest BCUT2D eigenvalue weighted by molar-refractivity contribution is 7.16. The average Bonchev–Trinajstić information content (AvgIpc) is 3.08. The minimum Gasteiger partial charge on any atom is -0.357 e. The van der Waals surface area contributed by atoms with Crippen molar-refractivity contribution in [1.29, 1.82) is 0 Å². The van der Waals surface area contributed by atoms with Gasteiger partial charge in [0.15, 0.2) is 5.96 Å². The molecule has 0 unspecified atom stereocenters. The maximum Gasteiger partial charge on any atom is 0.191 e. The number of aryl methyl sites for hydroxylation is 3. The molecule has 132 valence electrons. The number of guanidine groups is 1. The highest BCUT2D eigenvalue weighted by atomic mass is 35.5. The first-order chi connectivity index (χ1) is 11.6. The van der Waals surface area contributed by atoms with Crippen LogP contribution in [0, 0.1) is 13.8 Å². The van der Waals surface area contributed by atoms with Gasteiger partial charge < -0.3 is 10.6 Å². The Bertz CT molecular complexity index is 662. The van der Waals surface area contributed by atoms with Gasteiger partial charge in [0, 0.05) is 36.8 Å². The van der Waals surface area contributed by atoms with Crippen LogP contribution in [0.5, 0.6) is 0 Å². The number of hydrogen-bond donors (Lipinski definition) is 2. The van der Waals surface area contributed by atoms with Crippen molar-refractivity contribution in [2.75, 3.05) is 19.6 Å². The standard InChI is InChI=1S/C17H26ClN5S/c1-4-19-17(21-10-8-15-6-7-16(18)24-15)20-9-5-11-23-14(3)12-13(2)22-23/h6-7,12H,4-5,8-11H2,1-3H3,(H2,19,20,21). The van der Waals surface area contributed by atoms with E-state index in [1.807, 2.05) is 17.7 Å². The molecule has 7 heteroatoms. The number of aliphatic imine (C=N–C) groups is 1. The van der Waals surface area contributed by atoms with Crippen LogP contribution in [0.1, 0.15) is 29.6 Å². The normalized spacial score (nSPS) is 11.8. The van der Waals surface area contributed by atoms with Crippen LogP contribution in [0.25, 0.3) is 0 Å². The summed E-state index contributed by atoms with van der Waals surface area (Å²) in [6, 6.07) is 6.12. The fraction of sp³-hybridized carbons (Fsp3) is 0.529. The molecule has 0 bridgehead atoms. The van der Waals surface area contributed by atoms with Gasteiger partial charge in [0.1, 0.15) is 0 Å². The number of rotatable bonds is 8. The molecule has 0 saturated heterocycles. The third kappa shape index (κ3) is 6.17. The molecule has 0 spiro atoms. The van der Waals surface area contributed by atoms with Crippen LogP contribution in [0.4, 0.5) is 0 Å². The van der Waals surface area contributed by atoms with Crippen LogP contribution in [-0.2, 0) is 13.0 Å². The van der Waals surface area contributed by atoms with E-state index in [0.29, 0.717) is 0 Å². The Morgan fingerprint density at radius 3 is 2.79 bits per heavy atom. The quantitative estimate of drug-likeness (QED) is 0.427. The predicted octanol–water partition coefficient (Wildman–Crippen LogP) is 3.40. The first kappa shape index (κ1) is 18.8. The number of halogens is 1. The van der Waals surface area contributed by atoms with Crippen molar-refractivity contribution in [3.63, 3.8) is 0 Å². The van der Waals surface area contributed by atoms with Gasteiger partial charge in [-0.1, -0.05) is 11.6 Å². The molecule has 0 radical (unpaired) electrons. The summed E-state index contributed by atoms with van der Waals surface area (Å²) in [6.07, 6.45) is 1.92. The van der Waals surface area contributed by atoms with Crippen molar-refractivity contribution in [2.24, 2.45) is 4.99 Å². The van der Waals surface area contributed by atoms with Gasteiger partial charge in [-0.05, 0) is 51.8 Å². The molecule has 0 amide bonds. The molecule has 0 fully saturated rings. The Kier molecular flexibility index (Phi) is 7.59. The molecule has 24 heavy (non-hydrogen) atoms. The van der Waals surface area contributed by atoms with Gasteiger partial charge in [-0.25, -0.2) is 0 Å². The molecular weight excluding hydrogens is 342 g/mol. The predicted molar refractivity (Wildman–Crippen MR) is 103 cm³/mol. The summed E-state index contributed by atoms with van der Waals surface area (Å²) < 4.78 is 2.89. The second-order valence-electron chi connectivity index (χ2n) is 5.65. The summed E-state index contributed by atoms with van der Waals surface area (Å²) in [5.41, 5.74) is 2.27. The van der Waals surface area contributed by atoms with Crippen molar-refractivity contribution < 1.29 is 0 Å². The van der Waals surface area contributed by atoms with Gasteiger partial charge in [0.05, 0.1) is 10.0 Å². The number of nitrogens with zero attached hydrogens (tertiary/aromatic N) is 3. The van der Waals surface area contributed by atoms with E-state index in [1.165, 1.54) is 10.6 Å². The van der Waals surface area contributed by atoms with E-state index in [0.717, 1.165) is 55.0 Å². The number of hydrogen-bond acceptors (Lipinski definition) is 3. The molecule has 0 aliphatic rings. The first-order valence-electron chi connectivity index (χ1n) is 8.36. The fourth-order valence-corrected chi connectivity index (χ4v) is 3.53. The molecule has 0 aromatic carbocycles. The largest absolute Gasteiger partial charge is 0.357 e. The van der Waals surface area contributed by atoms with Gasteiger partial charge in [-0.15, -0.1) is 11.3 Å². The SMILES string of the molecule is CCNC(=NCCCn1nc(C)cc1C)NCCc1ccc(Cl)s1. The van der Waals surface area contributed by atoms with E-state index < -0.39 is 0 Å². The second-order valence-corrected chi connectivity index (χ2v) is 7.45. The lowest BCUT2D eigenvalue weighted by Crippen LogP contribution is -2.38. The molecular formula is C17H26ClN5S. The Morgan fingerprint density at radius 2 is 2.17 bits per heavy atom. The van der Waals surface area contributed by atoms with E-state index in [-0.39, 0.29) is 0 Å². The third-order valence-electron chi connectivity index (χ3n) is 3.54. The maximum atomic E-state index is 5.95. The lowest BCUT2D eigenvalue weighted by molar-refractivity contribution is 0.567. The Balaban J connectivity index is 1.74. The highest BCUT2D eigenvalue weighted by Gasteiger charge is 2.02. The fourth-order valence-electron chi connectivity index (χ4n) is 2.44. The Hall–Kier alpha value is -1.53. The molecule has 0 saturated carbocycles. The van der Waals surface area contributed by atoms with Crippen LogP contribution in [0.2, 0.25) is 4.34 Å². The monoisotopic (exact) mass is 367 g/mol. The Labute approximate surface area is 153 Å².